The summed E-state index contributed by atoms with van der Waals surface area (Å²) in [6.07, 6.45) is 0. The van der Waals surface area contributed by atoms with Crippen LogP contribution in [0.25, 0.3) is 0 Å². The van der Waals surface area contributed by atoms with E-state index in [0.29, 0.717) is 12.5 Å². The van der Waals surface area contributed by atoms with E-state index in [1.807, 2.05) is 6.92 Å². The second kappa shape index (κ2) is 3.05. The summed E-state index contributed by atoms with van der Waals surface area (Å²) in [5.74, 6) is 1.24. The van der Waals surface area contributed by atoms with E-state index < -0.39 is 0 Å². The van der Waals surface area contributed by atoms with E-state index in [-0.39, 0.29) is 0 Å². The fraction of sp³-hybridized carbons (Fsp3) is 0.625. The van der Waals surface area contributed by atoms with E-state index >= 15 is 0 Å². The zero-order valence-electron chi connectivity index (χ0n) is 7.22. The highest BCUT2D eigenvalue weighted by Gasteiger charge is 2.13. The van der Waals surface area contributed by atoms with Crippen LogP contribution in [0.5, 0.6) is 0 Å². The summed E-state index contributed by atoms with van der Waals surface area (Å²) in [4.78, 5) is 0. The largest absolute Gasteiger partial charge is 0.361 e. The van der Waals surface area contributed by atoms with Gasteiger partial charge in [-0.05, 0) is 12.8 Å². The van der Waals surface area contributed by atoms with Gasteiger partial charge in [0, 0.05) is 12.1 Å². The molecule has 1 heterocycles. The SMILES string of the molecule is Cc1onc(C(C)C)c1CN. The summed E-state index contributed by atoms with van der Waals surface area (Å²) >= 11 is 0. The Hall–Kier alpha value is -0.830. The third-order valence-electron chi connectivity index (χ3n) is 1.77. The normalized spacial score (nSPS) is 11.0. The van der Waals surface area contributed by atoms with Gasteiger partial charge in [0.2, 0.25) is 0 Å². The smallest absolute Gasteiger partial charge is 0.138 e. The van der Waals surface area contributed by atoms with Crippen LogP contribution in [0.4, 0.5) is 0 Å². The summed E-state index contributed by atoms with van der Waals surface area (Å²) in [6.45, 7) is 6.57. The van der Waals surface area contributed by atoms with Crippen molar-refractivity contribution < 1.29 is 4.52 Å². The lowest BCUT2D eigenvalue weighted by atomic mass is 10.0. The van der Waals surface area contributed by atoms with Crippen LogP contribution in [0.15, 0.2) is 4.52 Å². The van der Waals surface area contributed by atoms with Crippen LogP contribution in [0.1, 0.15) is 36.8 Å². The third kappa shape index (κ3) is 1.43. The molecule has 11 heavy (non-hydrogen) atoms. The van der Waals surface area contributed by atoms with Crippen molar-refractivity contribution >= 4 is 0 Å². The summed E-state index contributed by atoms with van der Waals surface area (Å²) in [5.41, 5.74) is 7.58. The summed E-state index contributed by atoms with van der Waals surface area (Å²) in [6, 6.07) is 0. The first-order chi connectivity index (χ1) is 5.16. The van der Waals surface area contributed by atoms with Gasteiger partial charge >= 0.3 is 0 Å². The van der Waals surface area contributed by atoms with Gasteiger partial charge in [-0.15, -0.1) is 0 Å². The van der Waals surface area contributed by atoms with Crippen molar-refractivity contribution in [1.82, 2.24) is 5.16 Å². The van der Waals surface area contributed by atoms with Gasteiger partial charge in [-0.2, -0.15) is 0 Å². The van der Waals surface area contributed by atoms with Crippen LogP contribution >= 0.6 is 0 Å². The maximum Gasteiger partial charge on any atom is 0.138 e. The molecule has 0 fully saturated rings. The Morgan fingerprint density at radius 2 is 2.18 bits per heavy atom. The van der Waals surface area contributed by atoms with Crippen molar-refractivity contribution in [2.24, 2.45) is 5.73 Å². The standard InChI is InChI=1S/C8H14N2O/c1-5(2)8-7(4-9)6(3)11-10-8/h5H,4,9H2,1-3H3. The fourth-order valence-electron chi connectivity index (χ4n) is 1.11. The second-order valence-electron chi connectivity index (χ2n) is 2.96. The fourth-order valence-corrected chi connectivity index (χ4v) is 1.11. The number of hydrogen-bond acceptors (Lipinski definition) is 3. The van der Waals surface area contributed by atoms with Crippen LogP contribution in [-0.2, 0) is 6.54 Å². The molecule has 0 saturated heterocycles. The molecule has 0 amide bonds. The minimum absolute atomic E-state index is 0.394. The summed E-state index contributed by atoms with van der Waals surface area (Å²) < 4.78 is 5.02. The van der Waals surface area contributed by atoms with Crippen molar-refractivity contribution in [2.45, 2.75) is 33.2 Å². The van der Waals surface area contributed by atoms with Gasteiger partial charge in [-0.25, -0.2) is 0 Å². The minimum Gasteiger partial charge on any atom is -0.361 e. The van der Waals surface area contributed by atoms with Crippen LogP contribution in [0.3, 0.4) is 0 Å². The summed E-state index contributed by atoms with van der Waals surface area (Å²) in [5, 5.41) is 3.93. The Bertz CT molecular complexity index is 240. The molecule has 2 N–H and O–H groups in total. The Balaban J connectivity index is 3.05. The van der Waals surface area contributed by atoms with Gasteiger partial charge in [0.15, 0.2) is 0 Å². The van der Waals surface area contributed by atoms with E-state index in [1.165, 1.54) is 0 Å². The molecule has 1 rings (SSSR count). The molecule has 0 bridgehead atoms. The lowest BCUT2D eigenvalue weighted by Crippen LogP contribution is -2.02. The topological polar surface area (TPSA) is 52.0 Å². The Morgan fingerprint density at radius 3 is 2.55 bits per heavy atom. The predicted octanol–water partition coefficient (Wildman–Crippen LogP) is 1.57. The lowest BCUT2D eigenvalue weighted by Gasteiger charge is -2.00. The zero-order chi connectivity index (χ0) is 8.43. The van der Waals surface area contributed by atoms with Gasteiger partial charge in [-0.3, -0.25) is 0 Å². The average Bonchev–Trinajstić information content (AvgIpc) is 2.30. The molecule has 0 aliphatic carbocycles. The molecule has 0 aromatic carbocycles. The minimum atomic E-state index is 0.394. The molecule has 0 atom stereocenters. The van der Waals surface area contributed by atoms with Crippen molar-refractivity contribution in [1.29, 1.82) is 0 Å². The number of hydrogen-bond donors (Lipinski definition) is 1. The molecule has 62 valence electrons. The first-order valence-electron chi connectivity index (χ1n) is 3.82. The third-order valence-corrected chi connectivity index (χ3v) is 1.77. The van der Waals surface area contributed by atoms with E-state index in [0.717, 1.165) is 17.0 Å². The maximum atomic E-state index is 5.53. The first kappa shape index (κ1) is 8.27. The van der Waals surface area contributed by atoms with Gasteiger partial charge in [0.25, 0.3) is 0 Å². The van der Waals surface area contributed by atoms with Gasteiger partial charge in [-0.1, -0.05) is 19.0 Å². The molecule has 1 aromatic heterocycles. The van der Waals surface area contributed by atoms with Crippen molar-refractivity contribution in [3.63, 3.8) is 0 Å². The molecule has 0 spiro atoms. The van der Waals surface area contributed by atoms with Crippen LogP contribution in [-0.4, -0.2) is 5.16 Å². The first-order valence-corrected chi connectivity index (χ1v) is 3.82. The molecule has 0 radical (unpaired) electrons. The van der Waals surface area contributed by atoms with E-state index in [1.54, 1.807) is 0 Å². The molecular formula is C8H14N2O. The molecule has 0 aliphatic heterocycles. The zero-order valence-corrected chi connectivity index (χ0v) is 7.22. The molecule has 1 aromatic rings. The highest BCUT2D eigenvalue weighted by Crippen LogP contribution is 2.20. The molecule has 0 saturated carbocycles. The molecule has 0 unspecified atom stereocenters. The second-order valence-corrected chi connectivity index (χ2v) is 2.96. The number of aromatic nitrogens is 1. The monoisotopic (exact) mass is 154 g/mol. The average molecular weight is 154 g/mol. The predicted molar refractivity (Wildman–Crippen MR) is 43.2 cm³/mol. The molecule has 0 aliphatic rings. The van der Waals surface area contributed by atoms with Crippen molar-refractivity contribution in [3.05, 3.63) is 17.0 Å². The van der Waals surface area contributed by atoms with Gasteiger partial charge in [0.05, 0.1) is 5.69 Å². The van der Waals surface area contributed by atoms with E-state index in [4.69, 9.17) is 10.3 Å². The molecular weight excluding hydrogens is 140 g/mol. The van der Waals surface area contributed by atoms with Crippen molar-refractivity contribution in [2.75, 3.05) is 0 Å². The number of rotatable bonds is 2. The van der Waals surface area contributed by atoms with E-state index in [2.05, 4.69) is 19.0 Å². The van der Waals surface area contributed by atoms with Crippen LogP contribution in [0, 0.1) is 6.92 Å². The molecule has 3 heteroatoms. The Morgan fingerprint density at radius 1 is 1.55 bits per heavy atom. The molecule has 3 nitrogen and oxygen atoms in total. The Labute approximate surface area is 66.6 Å². The number of aryl methyl sites for hydroxylation is 1. The van der Waals surface area contributed by atoms with Crippen molar-refractivity contribution in [3.8, 4) is 0 Å². The highest BCUT2D eigenvalue weighted by atomic mass is 16.5. The maximum absolute atomic E-state index is 5.53. The van der Waals surface area contributed by atoms with Crippen LogP contribution in [0.2, 0.25) is 0 Å². The summed E-state index contributed by atoms with van der Waals surface area (Å²) in [7, 11) is 0. The van der Waals surface area contributed by atoms with Crippen LogP contribution < -0.4 is 5.73 Å². The van der Waals surface area contributed by atoms with E-state index in [9.17, 15) is 0 Å². The Kier molecular flexibility index (Phi) is 2.29. The number of nitrogens with zero attached hydrogens (tertiary/aromatic N) is 1. The number of nitrogens with two attached hydrogens (primary N) is 1. The quantitative estimate of drug-likeness (QED) is 0.703. The highest BCUT2D eigenvalue weighted by molar-refractivity contribution is 5.23. The lowest BCUT2D eigenvalue weighted by molar-refractivity contribution is 0.387. The van der Waals surface area contributed by atoms with Gasteiger partial charge in [0.1, 0.15) is 5.76 Å². The van der Waals surface area contributed by atoms with Gasteiger partial charge < -0.3 is 10.3 Å².